The molecule has 0 amide bonds. The van der Waals surface area contributed by atoms with Gasteiger partial charge < -0.3 is 4.74 Å². The number of hydrogen-bond donors (Lipinski definition) is 0. The molecule has 0 aromatic carbocycles. The molecule has 0 saturated carbocycles. The zero-order valence-electron chi connectivity index (χ0n) is 12.8. The molecule has 1 aliphatic heterocycles. The van der Waals surface area contributed by atoms with Gasteiger partial charge in [-0.1, -0.05) is 89.5 Å². The molecule has 1 heterocycles. The van der Waals surface area contributed by atoms with Gasteiger partial charge in [0.1, 0.15) is 0 Å². The van der Waals surface area contributed by atoms with E-state index in [9.17, 15) is 0 Å². The summed E-state index contributed by atoms with van der Waals surface area (Å²) in [5.41, 5.74) is 0. The molecule has 0 unspecified atom stereocenters. The average Bonchev–Trinajstić information content (AvgIpc) is 3.16. The summed E-state index contributed by atoms with van der Waals surface area (Å²) in [4.78, 5) is 0. The fourth-order valence-corrected chi connectivity index (χ4v) is 2.61. The Morgan fingerprint density at radius 2 is 1.53 bits per heavy atom. The van der Waals surface area contributed by atoms with Gasteiger partial charge in [0.25, 0.3) is 0 Å². The van der Waals surface area contributed by atoms with Gasteiger partial charge in [0, 0.05) is 0 Å². The summed E-state index contributed by atoms with van der Waals surface area (Å²) in [6.07, 6.45) is 22.1. The lowest BCUT2D eigenvalue weighted by atomic mass is 10.0. The molecular formula is C18H32O. The maximum absolute atomic E-state index is 5.65. The van der Waals surface area contributed by atoms with Gasteiger partial charge in [-0.15, -0.1) is 0 Å². The molecule has 1 saturated heterocycles. The lowest BCUT2D eigenvalue weighted by Crippen LogP contribution is -1.92. The Morgan fingerprint density at radius 3 is 2.16 bits per heavy atom. The predicted octanol–water partition coefficient (Wildman–Crippen LogP) is 5.81. The van der Waals surface area contributed by atoms with Crippen LogP contribution in [0.15, 0.2) is 24.8 Å². The van der Waals surface area contributed by atoms with Crippen molar-refractivity contribution < 1.29 is 4.74 Å². The van der Waals surface area contributed by atoms with Crippen molar-refractivity contribution in [2.24, 2.45) is 0 Å². The van der Waals surface area contributed by atoms with Crippen LogP contribution in [0, 0.1) is 0 Å². The first kappa shape index (κ1) is 16.5. The van der Waals surface area contributed by atoms with Crippen LogP contribution in [0.4, 0.5) is 0 Å². The predicted molar refractivity (Wildman–Crippen MR) is 84.5 cm³/mol. The number of ether oxygens (including phenoxy) is 1. The van der Waals surface area contributed by atoms with E-state index in [0.29, 0.717) is 12.2 Å². The molecule has 0 aliphatic carbocycles. The summed E-state index contributed by atoms with van der Waals surface area (Å²) in [5, 5.41) is 0. The SMILES string of the molecule is C=C/C=C\C[C@@H]1O[C@@H]1CCCCCCCCCCC. The Balaban J connectivity index is 1.77. The maximum Gasteiger partial charge on any atom is 0.0876 e. The van der Waals surface area contributed by atoms with Crippen LogP contribution in [0.5, 0.6) is 0 Å². The van der Waals surface area contributed by atoms with Gasteiger partial charge in [0.15, 0.2) is 0 Å². The molecule has 0 N–H and O–H groups in total. The molecule has 1 heteroatoms. The fraction of sp³-hybridized carbons (Fsp3) is 0.778. The van der Waals surface area contributed by atoms with Crippen LogP contribution in [-0.4, -0.2) is 12.2 Å². The first-order valence-corrected chi connectivity index (χ1v) is 8.31. The third kappa shape index (κ3) is 9.04. The third-order valence-electron chi connectivity index (χ3n) is 3.92. The number of epoxide rings is 1. The zero-order chi connectivity index (χ0) is 13.8. The number of rotatable bonds is 13. The van der Waals surface area contributed by atoms with Crippen molar-refractivity contribution in [3.8, 4) is 0 Å². The normalized spacial score (nSPS) is 21.9. The summed E-state index contributed by atoms with van der Waals surface area (Å²) in [5.74, 6) is 0. The highest BCUT2D eigenvalue weighted by atomic mass is 16.6. The fourth-order valence-electron chi connectivity index (χ4n) is 2.61. The molecule has 0 spiro atoms. The van der Waals surface area contributed by atoms with Gasteiger partial charge in [-0.05, 0) is 12.8 Å². The van der Waals surface area contributed by atoms with Gasteiger partial charge in [0.05, 0.1) is 12.2 Å². The van der Waals surface area contributed by atoms with Crippen LogP contribution in [-0.2, 0) is 4.74 Å². The minimum absolute atomic E-state index is 0.505. The Hall–Kier alpha value is -0.560. The summed E-state index contributed by atoms with van der Waals surface area (Å²) < 4.78 is 5.65. The van der Waals surface area contributed by atoms with Crippen molar-refractivity contribution in [1.82, 2.24) is 0 Å². The van der Waals surface area contributed by atoms with E-state index in [2.05, 4.69) is 19.6 Å². The quantitative estimate of drug-likeness (QED) is 0.232. The van der Waals surface area contributed by atoms with Crippen molar-refractivity contribution in [1.29, 1.82) is 0 Å². The lowest BCUT2D eigenvalue weighted by molar-refractivity contribution is 0.358. The first-order chi connectivity index (χ1) is 9.38. The van der Waals surface area contributed by atoms with Crippen molar-refractivity contribution in [2.45, 2.75) is 89.8 Å². The Bertz CT molecular complexity index is 244. The summed E-state index contributed by atoms with van der Waals surface area (Å²) in [6, 6.07) is 0. The van der Waals surface area contributed by atoms with Crippen LogP contribution in [0.1, 0.15) is 77.6 Å². The Morgan fingerprint density at radius 1 is 0.895 bits per heavy atom. The number of allylic oxidation sites excluding steroid dienone is 2. The number of hydrogen-bond acceptors (Lipinski definition) is 1. The van der Waals surface area contributed by atoms with E-state index >= 15 is 0 Å². The Labute approximate surface area is 120 Å². The lowest BCUT2D eigenvalue weighted by Gasteiger charge is -2.01. The van der Waals surface area contributed by atoms with E-state index < -0.39 is 0 Å². The zero-order valence-corrected chi connectivity index (χ0v) is 12.8. The number of unbranched alkanes of at least 4 members (excludes halogenated alkanes) is 8. The summed E-state index contributed by atoms with van der Waals surface area (Å²) >= 11 is 0. The van der Waals surface area contributed by atoms with E-state index in [4.69, 9.17) is 4.74 Å². The molecule has 0 aromatic rings. The smallest absolute Gasteiger partial charge is 0.0876 e. The standard InChI is InChI=1S/C18H32O/c1-3-5-7-8-9-10-11-12-14-16-18-17(19-18)15-13-6-4-2/h4,6,13,17-18H,2-3,5,7-12,14-16H2,1H3/b13-6-/t17-,18+/m0/s1. The maximum atomic E-state index is 5.65. The van der Waals surface area contributed by atoms with Crippen LogP contribution >= 0.6 is 0 Å². The molecule has 2 atom stereocenters. The first-order valence-electron chi connectivity index (χ1n) is 8.31. The highest BCUT2D eigenvalue weighted by Gasteiger charge is 2.36. The van der Waals surface area contributed by atoms with Gasteiger partial charge in [-0.25, -0.2) is 0 Å². The van der Waals surface area contributed by atoms with Gasteiger partial charge in [0.2, 0.25) is 0 Å². The Kier molecular flexibility index (Phi) is 9.79. The van der Waals surface area contributed by atoms with Gasteiger partial charge in [-0.3, -0.25) is 0 Å². The van der Waals surface area contributed by atoms with Crippen molar-refractivity contribution in [3.63, 3.8) is 0 Å². The second kappa shape index (κ2) is 11.3. The van der Waals surface area contributed by atoms with Crippen LogP contribution < -0.4 is 0 Å². The van der Waals surface area contributed by atoms with E-state index in [1.807, 2.05) is 12.2 Å². The van der Waals surface area contributed by atoms with Gasteiger partial charge in [-0.2, -0.15) is 0 Å². The van der Waals surface area contributed by atoms with E-state index in [1.54, 1.807) is 0 Å². The van der Waals surface area contributed by atoms with Crippen LogP contribution in [0.3, 0.4) is 0 Å². The van der Waals surface area contributed by atoms with Crippen molar-refractivity contribution >= 4 is 0 Å². The van der Waals surface area contributed by atoms with E-state index in [0.717, 1.165) is 6.42 Å². The second-order valence-electron chi connectivity index (χ2n) is 5.73. The van der Waals surface area contributed by atoms with Crippen molar-refractivity contribution in [2.75, 3.05) is 0 Å². The molecule has 1 nitrogen and oxygen atoms in total. The molecule has 1 aliphatic rings. The van der Waals surface area contributed by atoms with Gasteiger partial charge >= 0.3 is 0 Å². The molecule has 1 fully saturated rings. The molecule has 0 bridgehead atoms. The molecular weight excluding hydrogens is 232 g/mol. The largest absolute Gasteiger partial charge is 0.369 e. The topological polar surface area (TPSA) is 12.5 Å². The van der Waals surface area contributed by atoms with Crippen LogP contribution in [0.25, 0.3) is 0 Å². The minimum atomic E-state index is 0.505. The minimum Gasteiger partial charge on any atom is -0.369 e. The average molecular weight is 264 g/mol. The summed E-state index contributed by atoms with van der Waals surface area (Å²) in [7, 11) is 0. The highest BCUT2D eigenvalue weighted by molar-refractivity contribution is 5.01. The van der Waals surface area contributed by atoms with E-state index in [-0.39, 0.29) is 0 Å². The molecule has 1 rings (SSSR count). The van der Waals surface area contributed by atoms with Crippen LogP contribution in [0.2, 0.25) is 0 Å². The molecule has 110 valence electrons. The van der Waals surface area contributed by atoms with E-state index in [1.165, 1.54) is 64.2 Å². The van der Waals surface area contributed by atoms with Crippen molar-refractivity contribution in [3.05, 3.63) is 24.8 Å². The summed E-state index contributed by atoms with van der Waals surface area (Å²) in [6.45, 7) is 5.95. The molecule has 0 aromatic heterocycles. The third-order valence-corrected chi connectivity index (χ3v) is 3.92. The highest BCUT2D eigenvalue weighted by Crippen LogP contribution is 2.30. The second-order valence-corrected chi connectivity index (χ2v) is 5.73. The monoisotopic (exact) mass is 264 g/mol. The molecule has 0 radical (unpaired) electrons. The molecule has 19 heavy (non-hydrogen) atoms.